The van der Waals surface area contributed by atoms with Gasteiger partial charge in [-0.15, -0.1) is 0 Å². The molecule has 0 spiro atoms. The van der Waals surface area contributed by atoms with Gasteiger partial charge in [0.25, 0.3) is 5.91 Å². The minimum Gasteiger partial charge on any atom is -0.484 e. The van der Waals surface area contributed by atoms with Crippen LogP contribution in [0.3, 0.4) is 0 Å². The van der Waals surface area contributed by atoms with E-state index in [0.29, 0.717) is 42.6 Å². The topological polar surface area (TPSA) is 84.9 Å². The Labute approximate surface area is 200 Å². The first kappa shape index (κ1) is 23.1. The van der Waals surface area contributed by atoms with Gasteiger partial charge in [0, 0.05) is 30.0 Å². The number of aliphatic hydroxyl groups is 1. The lowest BCUT2D eigenvalue weighted by Crippen LogP contribution is -2.75. The average molecular weight is 492 g/mol. The first-order valence-corrected chi connectivity index (χ1v) is 11.5. The maximum Gasteiger partial charge on any atom is 0.258 e. The Morgan fingerprint density at radius 3 is 2.65 bits per heavy atom. The molecule has 0 unspecified atom stereocenters. The molecule has 4 aliphatic rings. The molecule has 3 fully saturated rings. The largest absolute Gasteiger partial charge is 0.484 e. The Morgan fingerprint density at radius 1 is 1.21 bits per heavy atom. The van der Waals surface area contributed by atoms with Crippen LogP contribution in [0.15, 0.2) is 30.3 Å². The molecule has 2 aromatic rings. The highest BCUT2D eigenvalue weighted by Crippen LogP contribution is 2.69. The van der Waals surface area contributed by atoms with E-state index in [-0.39, 0.29) is 46.4 Å². The molecule has 3 saturated carbocycles. The van der Waals surface area contributed by atoms with Crippen molar-refractivity contribution in [1.29, 1.82) is 0 Å². The van der Waals surface area contributed by atoms with Gasteiger partial charge in [-0.25, -0.2) is 8.78 Å². The first-order valence-electron chi connectivity index (χ1n) is 11.1. The van der Waals surface area contributed by atoms with Crippen molar-refractivity contribution in [2.75, 3.05) is 6.61 Å². The summed E-state index contributed by atoms with van der Waals surface area (Å²) in [4.78, 5) is 25.2. The zero-order valence-electron chi connectivity index (χ0n) is 18.5. The maximum atomic E-state index is 13.8. The number of ketones is 1. The summed E-state index contributed by atoms with van der Waals surface area (Å²) in [7, 11) is 0. The van der Waals surface area contributed by atoms with Gasteiger partial charge < -0.3 is 19.9 Å². The zero-order valence-corrected chi connectivity index (χ0v) is 19.3. The maximum absolute atomic E-state index is 13.8. The molecule has 1 heterocycles. The summed E-state index contributed by atoms with van der Waals surface area (Å²) in [6.45, 7) is 1.35. The number of halogens is 3. The second-order valence-corrected chi connectivity index (χ2v) is 10.3. The normalized spacial score (nSPS) is 28.6. The standard InChI is InChI=1S/C25H24ClF2NO5/c1-13-4-21-15(6-17(13)27)19(30)7-22(34-21)20(31)8-24-10-25(11-24,12-24)29-23(32)9-33-14-2-3-16(26)18(28)5-14/h2-6,19,22,30H,7-12H2,1H3,(H,29,32)/t19-,22-,24?,25?/m0/s1. The molecular weight excluding hydrogens is 468 g/mol. The third-order valence-corrected chi connectivity index (χ3v) is 7.38. The number of aryl methyl sites for hydroxylation is 1. The van der Waals surface area contributed by atoms with Crippen LogP contribution in [0.5, 0.6) is 11.5 Å². The van der Waals surface area contributed by atoms with Gasteiger partial charge in [-0.1, -0.05) is 11.6 Å². The van der Waals surface area contributed by atoms with Crippen LogP contribution in [0.2, 0.25) is 5.02 Å². The number of Topliss-reactive ketones (excluding diaryl/α,β-unsaturated/α-hetero) is 1. The predicted octanol–water partition coefficient (Wildman–Crippen LogP) is 4.19. The average Bonchev–Trinajstić information content (AvgIpc) is 2.73. The van der Waals surface area contributed by atoms with E-state index in [2.05, 4.69) is 5.32 Å². The van der Waals surface area contributed by atoms with E-state index in [4.69, 9.17) is 21.1 Å². The summed E-state index contributed by atoms with van der Waals surface area (Å²) in [6.07, 6.45) is 0.712. The summed E-state index contributed by atoms with van der Waals surface area (Å²) < 4.78 is 38.4. The molecule has 0 radical (unpaired) electrons. The van der Waals surface area contributed by atoms with Crippen LogP contribution >= 0.6 is 11.6 Å². The number of aliphatic hydroxyl groups excluding tert-OH is 1. The summed E-state index contributed by atoms with van der Waals surface area (Å²) in [6, 6.07) is 6.74. The predicted molar refractivity (Wildman–Crippen MR) is 119 cm³/mol. The van der Waals surface area contributed by atoms with Crippen molar-refractivity contribution in [3.05, 3.63) is 58.1 Å². The Balaban J connectivity index is 1.11. The second kappa shape index (κ2) is 8.20. The van der Waals surface area contributed by atoms with Gasteiger partial charge in [0.2, 0.25) is 0 Å². The minimum atomic E-state index is -0.958. The lowest BCUT2D eigenvalue weighted by Gasteiger charge is -2.70. The van der Waals surface area contributed by atoms with Crippen molar-refractivity contribution in [3.8, 4) is 11.5 Å². The van der Waals surface area contributed by atoms with Crippen LogP contribution in [0.1, 0.15) is 49.3 Å². The Morgan fingerprint density at radius 2 is 1.94 bits per heavy atom. The number of carbonyl (C=O) groups is 2. The molecule has 2 aromatic carbocycles. The lowest BCUT2D eigenvalue weighted by molar-refractivity contribution is -0.175. The van der Waals surface area contributed by atoms with Gasteiger partial charge >= 0.3 is 0 Å². The van der Waals surface area contributed by atoms with Gasteiger partial charge in [0.05, 0.1) is 11.1 Å². The van der Waals surface area contributed by atoms with E-state index in [0.717, 1.165) is 6.07 Å². The number of amides is 1. The SMILES string of the molecule is Cc1cc2c(cc1F)[C@@H](O)C[C@@H](C(=O)CC13CC(NC(=O)COc4ccc(Cl)c(F)c4)(C1)C3)O2. The molecule has 1 amide bonds. The fourth-order valence-electron chi connectivity index (χ4n) is 5.61. The molecule has 0 saturated heterocycles. The van der Waals surface area contributed by atoms with Gasteiger partial charge in [-0.05, 0) is 61.4 Å². The Kier molecular flexibility index (Phi) is 5.56. The van der Waals surface area contributed by atoms with E-state index in [9.17, 15) is 23.5 Å². The van der Waals surface area contributed by atoms with Crippen molar-refractivity contribution in [2.45, 2.75) is 56.8 Å². The molecule has 2 atom stereocenters. The summed E-state index contributed by atoms with van der Waals surface area (Å²) in [5, 5.41) is 13.3. The summed E-state index contributed by atoms with van der Waals surface area (Å²) in [5.74, 6) is -0.889. The first-order chi connectivity index (χ1) is 16.1. The second-order valence-electron chi connectivity index (χ2n) is 9.86. The fraction of sp³-hybridized carbons (Fsp3) is 0.440. The smallest absolute Gasteiger partial charge is 0.258 e. The Hall–Kier alpha value is -2.71. The highest BCUT2D eigenvalue weighted by Gasteiger charge is 2.68. The Bertz CT molecular complexity index is 1170. The quantitative estimate of drug-likeness (QED) is 0.606. The highest BCUT2D eigenvalue weighted by molar-refractivity contribution is 6.30. The molecule has 9 heteroatoms. The number of ether oxygens (including phenoxy) is 2. The number of fused-ring (bicyclic) bond motifs is 1. The zero-order chi connectivity index (χ0) is 24.3. The molecule has 3 aliphatic carbocycles. The lowest BCUT2D eigenvalue weighted by atomic mass is 9.38. The van der Waals surface area contributed by atoms with Crippen LogP contribution in [0.25, 0.3) is 0 Å². The van der Waals surface area contributed by atoms with Gasteiger partial charge in [0.1, 0.15) is 23.1 Å². The van der Waals surface area contributed by atoms with Crippen LogP contribution in [-0.2, 0) is 9.59 Å². The van der Waals surface area contributed by atoms with Crippen molar-refractivity contribution >= 4 is 23.3 Å². The third-order valence-electron chi connectivity index (χ3n) is 7.07. The van der Waals surface area contributed by atoms with Crippen molar-refractivity contribution in [1.82, 2.24) is 5.32 Å². The molecule has 2 N–H and O–H groups in total. The molecule has 1 aliphatic heterocycles. The molecule has 6 nitrogen and oxygen atoms in total. The number of carbonyl (C=O) groups excluding carboxylic acids is 2. The van der Waals surface area contributed by atoms with E-state index >= 15 is 0 Å². The monoisotopic (exact) mass is 491 g/mol. The number of benzene rings is 2. The van der Waals surface area contributed by atoms with E-state index in [1.54, 1.807) is 6.92 Å². The highest BCUT2D eigenvalue weighted by atomic mass is 35.5. The number of nitrogens with one attached hydrogen (secondary N) is 1. The van der Waals surface area contributed by atoms with Gasteiger partial charge in [-0.3, -0.25) is 9.59 Å². The third kappa shape index (κ3) is 4.14. The molecule has 0 aromatic heterocycles. The molecular formula is C25H24ClF2NO5. The minimum absolute atomic E-state index is 0.0214. The van der Waals surface area contributed by atoms with Crippen LogP contribution in [0.4, 0.5) is 8.78 Å². The summed E-state index contributed by atoms with van der Waals surface area (Å²) in [5.41, 5.74) is 0.252. The number of rotatable bonds is 7. The van der Waals surface area contributed by atoms with Crippen LogP contribution < -0.4 is 14.8 Å². The van der Waals surface area contributed by atoms with Crippen molar-refractivity contribution in [2.24, 2.45) is 5.41 Å². The van der Waals surface area contributed by atoms with Gasteiger partial charge in [0.15, 0.2) is 18.5 Å². The van der Waals surface area contributed by atoms with Crippen molar-refractivity contribution < 1.29 is 33.0 Å². The fourth-order valence-corrected chi connectivity index (χ4v) is 5.73. The molecule has 34 heavy (non-hydrogen) atoms. The number of hydrogen-bond acceptors (Lipinski definition) is 5. The van der Waals surface area contributed by atoms with Crippen molar-refractivity contribution in [3.63, 3.8) is 0 Å². The van der Waals surface area contributed by atoms with E-state index in [1.807, 2.05) is 0 Å². The summed E-state index contributed by atoms with van der Waals surface area (Å²) >= 11 is 5.63. The van der Waals surface area contributed by atoms with E-state index in [1.165, 1.54) is 24.3 Å². The molecule has 180 valence electrons. The van der Waals surface area contributed by atoms with Gasteiger partial charge in [-0.2, -0.15) is 0 Å². The van der Waals surface area contributed by atoms with Crippen LogP contribution in [0, 0.1) is 24.0 Å². The van der Waals surface area contributed by atoms with E-state index < -0.39 is 23.8 Å². The van der Waals surface area contributed by atoms with Crippen LogP contribution in [-0.4, -0.2) is 35.0 Å². The molecule has 6 rings (SSSR count). The number of hydrogen-bond donors (Lipinski definition) is 2. The molecule has 2 bridgehead atoms.